The summed E-state index contributed by atoms with van der Waals surface area (Å²) in [5.74, 6) is 1.60. The highest BCUT2D eigenvalue weighted by Crippen LogP contribution is 2.22. The summed E-state index contributed by atoms with van der Waals surface area (Å²) in [6.45, 7) is 3.19. The van der Waals surface area contributed by atoms with Crippen LogP contribution in [-0.2, 0) is 4.74 Å². The Morgan fingerprint density at radius 1 is 1.22 bits per heavy atom. The van der Waals surface area contributed by atoms with Crippen LogP contribution in [0.25, 0.3) is 17.2 Å². The number of hydrogen-bond donors (Lipinski definition) is 2. The number of rotatable bonds is 6. The molecule has 4 aromatic rings. The molecular weight excluding hydrogens is 406 g/mol. The van der Waals surface area contributed by atoms with Crippen molar-refractivity contribution in [1.29, 1.82) is 0 Å². The van der Waals surface area contributed by atoms with E-state index in [-0.39, 0.29) is 12.0 Å². The summed E-state index contributed by atoms with van der Waals surface area (Å²) < 4.78 is 7.23. The van der Waals surface area contributed by atoms with Gasteiger partial charge in [-0.3, -0.25) is 9.78 Å². The molecule has 1 fully saturated rings. The Kier molecular flexibility index (Phi) is 5.47. The number of nitrogens with zero attached hydrogens (tertiary/aromatic N) is 5. The van der Waals surface area contributed by atoms with Gasteiger partial charge in [-0.15, -0.1) is 5.10 Å². The van der Waals surface area contributed by atoms with Crippen molar-refractivity contribution in [3.63, 3.8) is 0 Å². The molecule has 162 valence electrons. The van der Waals surface area contributed by atoms with E-state index in [2.05, 4.69) is 30.7 Å². The average Bonchev–Trinajstić information content (AvgIpc) is 3.48. The summed E-state index contributed by atoms with van der Waals surface area (Å²) in [4.78, 5) is 25.8. The lowest BCUT2D eigenvalue weighted by Crippen LogP contribution is -2.31. The Morgan fingerprint density at radius 3 is 2.97 bits per heavy atom. The molecule has 0 spiro atoms. The maximum absolute atomic E-state index is 12.6. The molecule has 32 heavy (non-hydrogen) atoms. The third-order valence-electron chi connectivity index (χ3n) is 5.27. The van der Waals surface area contributed by atoms with Crippen LogP contribution in [0, 0.1) is 6.92 Å². The number of nitrogens with one attached hydrogen (secondary N) is 2. The Morgan fingerprint density at radius 2 is 2.16 bits per heavy atom. The van der Waals surface area contributed by atoms with Gasteiger partial charge in [-0.1, -0.05) is 6.07 Å². The number of aromatic nitrogens is 5. The molecule has 0 saturated carbocycles. The molecular formula is C23H23N7O2. The van der Waals surface area contributed by atoms with Crippen LogP contribution in [0.1, 0.15) is 28.9 Å². The lowest BCUT2D eigenvalue weighted by atomic mass is 10.1. The van der Waals surface area contributed by atoms with Crippen LogP contribution in [0.2, 0.25) is 0 Å². The van der Waals surface area contributed by atoms with E-state index in [0.29, 0.717) is 29.5 Å². The van der Waals surface area contributed by atoms with Crippen molar-refractivity contribution in [3.8, 4) is 11.4 Å². The Balaban J connectivity index is 1.38. The standard InChI is InChI=1S/C23H23N7O2/c1-15-11-20(30-23(26-15)28-21(29-30)17-6-3-9-24-13-17)27-18-7-2-5-16(12-18)22(31)25-14-19-8-4-10-32-19/h2-3,5-7,9,11-13,19,27H,4,8,10,14H2,1H3,(H,25,31)/t19-/m1/s1. The van der Waals surface area contributed by atoms with E-state index in [9.17, 15) is 4.79 Å². The van der Waals surface area contributed by atoms with Gasteiger partial charge in [0, 0.05) is 54.1 Å². The van der Waals surface area contributed by atoms with Crippen molar-refractivity contribution >= 4 is 23.2 Å². The molecule has 5 rings (SSSR count). The lowest BCUT2D eigenvalue weighted by molar-refractivity contribution is 0.0858. The second-order valence-electron chi connectivity index (χ2n) is 7.72. The number of pyridine rings is 1. The van der Waals surface area contributed by atoms with Gasteiger partial charge in [0.15, 0.2) is 5.82 Å². The topological polar surface area (TPSA) is 106 Å². The van der Waals surface area contributed by atoms with E-state index in [1.807, 2.05) is 43.3 Å². The molecule has 1 amide bonds. The highest BCUT2D eigenvalue weighted by molar-refractivity contribution is 5.95. The Bertz CT molecular complexity index is 1250. The van der Waals surface area contributed by atoms with E-state index in [1.54, 1.807) is 23.0 Å². The molecule has 0 unspecified atom stereocenters. The first kappa shape index (κ1) is 20.1. The largest absolute Gasteiger partial charge is 0.376 e. The molecule has 9 nitrogen and oxygen atoms in total. The molecule has 1 atom stereocenters. The summed E-state index contributed by atoms with van der Waals surface area (Å²) in [6, 6.07) is 13.0. The minimum atomic E-state index is -0.125. The Hall–Kier alpha value is -3.85. The molecule has 2 N–H and O–H groups in total. The van der Waals surface area contributed by atoms with E-state index in [0.717, 1.165) is 36.4 Å². The van der Waals surface area contributed by atoms with Crippen LogP contribution in [0.4, 0.5) is 11.5 Å². The molecule has 3 aromatic heterocycles. The monoisotopic (exact) mass is 429 g/mol. The zero-order valence-corrected chi connectivity index (χ0v) is 17.7. The number of ether oxygens (including phenoxy) is 1. The van der Waals surface area contributed by atoms with Gasteiger partial charge in [0.2, 0.25) is 0 Å². The fourth-order valence-electron chi connectivity index (χ4n) is 3.69. The number of hydrogen-bond acceptors (Lipinski definition) is 7. The van der Waals surface area contributed by atoms with Crippen molar-refractivity contribution in [2.45, 2.75) is 25.9 Å². The van der Waals surface area contributed by atoms with E-state index in [1.165, 1.54) is 0 Å². The average molecular weight is 429 g/mol. The van der Waals surface area contributed by atoms with Crippen molar-refractivity contribution < 1.29 is 9.53 Å². The fourth-order valence-corrected chi connectivity index (χ4v) is 3.69. The van der Waals surface area contributed by atoms with Gasteiger partial charge in [-0.25, -0.2) is 4.98 Å². The molecule has 1 aromatic carbocycles. The van der Waals surface area contributed by atoms with Gasteiger partial charge in [0.1, 0.15) is 5.82 Å². The van der Waals surface area contributed by atoms with Crippen LogP contribution in [-0.4, -0.2) is 49.7 Å². The van der Waals surface area contributed by atoms with Gasteiger partial charge in [-0.05, 0) is 50.1 Å². The minimum absolute atomic E-state index is 0.106. The fraction of sp³-hybridized carbons (Fsp3) is 0.261. The van der Waals surface area contributed by atoms with Crippen LogP contribution < -0.4 is 10.6 Å². The second-order valence-corrected chi connectivity index (χ2v) is 7.72. The van der Waals surface area contributed by atoms with Crippen molar-refractivity contribution in [2.24, 2.45) is 0 Å². The summed E-state index contributed by atoms with van der Waals surface area (Å²) in [7, 11) is 0. The van der Waals surface area contributed by atoms with Gasteiger partial charge in [-0.2, -0.15) is 9.50 Å². The minimum Gasteiger partial charge on any atom is -0.376 e. The molecule has 1 aliphatic rings. The summed E-state index contributed by atoms with van der Waals surface area (Å²) in [6.07, 6.45) is 5.56. The van der Waals surface area contributed by atoms with Crippen LogP contribution >= 0.6 is 0 Å². The zero-order chi connectivity index (χ0) is 21.9. The first-order valence-corrected chi connectivity index (χ1v) is 10.6. The first-order chi connectivity index (χ1) is 15.7. The van der Waals surface area contributed by atoms with E-state index < -0.39 is 0 Å². The number of fused-ring (bicyclic) bond motifs is 1. The molecule has 1 saturated heterocycles. The smallest absolute Gasteiger partial charge is 0.254 e. The molecule has 0 aliphatic carbocycles. The molecule has 1 aliphatic heterocycles. The number of carbonyl (C=O) groups is 1. The first-order valence-electron chi connectivity index (χ1n) is 10.6. The summed E-state index contributed by atoms with van der Waals surface area (Å²) in [5, 5.41) is 10.9. The normalized spacial score (nSPS) is 15.7. The molecule has 4 heterocycles. The zero-order valence-electron chi connectivity index (χ0n) is 17.7. The van der Waals surface area contributed by atoms with Crippen LogP contribution in [0.5, 0.6) is 0 Å². The van der Waals surface area contributed by atoms with E-state index >= 15 is 0 Å². The summed E-state index contributed by atoms with van der Waals surface area (Å²) >= 11 is 0. The van der Waals surface area contributed by atoms with Crippen molar-refractivity contribution in [2.75, 3.05) is 18.5 Å². The quantitative estimate of drug-likeness (QED) is 0.485. The highest BCUT2D eigenvalue weighted by Gasteiger charge is 2.17. The Labute approximate surface area is 184 Å². The number of benzene rings is 1. The number of aryl methyl sites for hydroxylation is 1. The molecule has 0 radical (unpaired) electrons. The van der Waals surface area contributed by atoms with Gasteiger partial charge >= 0.3 is 0 Å². The predicted octanol–water partition coefficient (Wildman–Crippen LogP) is 3.15. The number of carbonyl (C=O) groups excluding carboxylic acids is 1. The molecule has 9 heteroatoms. The van der Waals surface area contributed by atoms with Crippen molar-refractivity contribution in [3.05, 3.63) is 66.1 Å². The lowest BCUT2D eigenvalue weighted by Gasteiger charge is -2.12. The second kappa shape index (κ2) is 8.72. The van der Waals surface area contributed by atoms with Gasteiger partial charge < -0.3 is 15.4 Å². The third kappa shape index (κ3) is 4.28. The van der Waals surface area contributed by atoms with Gasteiger partial charge in [0.25, 0.3) is 11.7 Å². The van der Waals surface area contributed by atoms with Crippen LogP contribution in [0.3, 0.4) is 0 Å². The SMILES string of the molecule is Cc1cc(Nc2cccc(C(=O)NC[C@H]3CCCO3)c2)n2nc(-c3cccnc3)nc2n1. The summed E-state index contributed by atoms with van der Waals surface area (Å²) in [5.41, 5.74) is 2.95. The third-order valence-corrected chi connectivity index (χ3v) is 5.27. The maximum atomic E-state index is 12.6. The van der Waals surface area contributed by atoms with Crippen molar-refractivity contribution in [1.82, 2.24) is 29.9 Å². The highest BCUT2D eigenvalue weighted by atomic mass is 16.5. The maximum Gasteiger partial charge on any atom is 0.254 e. The van der Waals surface area contributed by atoms with E-state index in [4.69, 9.17) is 4.74 Å². The van der Waals surface area contributed by atoms with Crippen LogP contribution in [0.15, 0.2) is 54.9 Å². The number of amides is 1. The number of anilines is 2. The predicted molar refractivity (Wildman–Crippen MR) is 120 cm³/mol. The van der Waals surface area contributed by atoms with Gasteiger partial charge in [0.05, 0.1) is 6.10 Å². The molecule has 0 bridgehead atoms.